The Morgan fingerprint density at radius 3 is 2.72 bits per heavy atom. The maximum atomic E-state index is 6.36. The third-order valence-corrected chi connectivity index (χ3v) is 6.16. The number of rotatable bonds is 0. The first kappa shape index (κ1) is 18.1. The molecule has 0 aromatic rings. The van der Waals surface area contributed by atoms with Gasteiger partial charge >= 0.3 is 0 Å². The normalized spacial score (nSPS) is 49.2. The van der Waals surface area contributed by atoms with Gasteiger partial charge in [0.2, 0.25) is 0 Å². The van der Waals surface area contributed by atoms with E-state index in [0.717, 1.165) is 39.0 Å². The molecule has 0 spiro atoms. The minimum atomic E-state index is 0.0466. The molecule has 4 rings (SSSR count). The number of hydrogen-bond donors (Lipinski definition) is 4. The molecule has 0 amide bonds. The highest BCUT2D eigenvalue weighted by Crippen LogP contribution is 2.34. The van der Waals surface area contributed by atoms with Gasteiger partial charge in [-0.2, -0.15) is 0 Å². The van der Waals surface area contributed by atoms with Gasteiger partial charge in [-0.15, -0.1) is 0 Å². The molecule has 1 saturated carbocycles. The Morgan fingerprint density at radius 1 is 0.880 bits per heavy atom. The summed E-state index contributed by atoms with van der Waals surface area (Å²) in [4.78, 5) is 0. The molecule has 0 aromatic carbocycles. The van der Waals surface area contributed by atoms with Crippen molar-refractivity contribution in [3.63, 3.8) is 0 Å². The SMILES string of the molecule is C[C@H]1COC2CNCC(N2)C2NNC3CCC(CC32)O[C@@H](C)CCO1. The Balaban J connectivity index is 1.47. The van der Waals surface area contributed by atoms with E-state index in [9.17, 15) is 0 Å². The third-order valence-electron chi connectivity index (χ3n) is 6.16. The quantitative estimate of drug-likeness (QED) is 0.492. The molecule has 4 fully saturated rings. The van der Waals surface area contributed by atoms with Gasteiger partial charge in [-0.1, -0.05) is 0 Å². The maximum absolute atomic E-state index is 6.36. The summed E-state index contributed by atoms with van der Waals surface area (Å²) in [6, 6.07) is 1.32. The molecule has 4 N–H and O–H groups in total. The number of hydrogen-bond acceptors (Lipinski definition) is 7. The van der Waals surface area contributed by atoms with Crippen molar-refractivity contribution in [3.8, 4) is 0 Å². The highest BCUT2D eigenvalue weighted by Gasteiger charge is 2.45. The fourth-order valence-corrected chi connectivity index (χ4v) is 4.77. The second kappa shape index (κ2) is 8.17. The summed E-state index contributed by atoms with van der Waals surface area (Å²) in [6.07, 6.45) is 5.16. The number of ether oxygens (including phenoxy) is 3. The van der Waals surface area contributed by atoms with E-state index in [1.165, 1.54) is 6.42 Å². The van der Waals surface area contributed by atoms with Crippen LogP contribution in [0.1, 0.15) is 39.5 Å². The molecule has 0 aromatic heterocycles. The van der Waals surface area contributed by atoms with Gasteiger partial charge in [0.1, 0.15) is 6.23 Å². The van der Waals surface area contributed by atoms with E-state index >= 15 is 0 Å². The first-order valence-corrected chi connectivity index (χ1v) is 10.1. The van der Waals surface area contributed by atoms with Gasteiger partial charge in [-0.3, -0.25) is 16.2 Å². The van der Waals surface area contributed by atoms with Gasteiger partial charge in [-0.05, 0) is 45.4 Å². The van der Waals surface area contributed by atoms with Gasteiger partial charge in [0, 0.05) is 37.8 Å². The Bertz CT molecular complexity index is 441. The average molecular weight is 354 g/mol. The van der Waals surface area contributed by atoms with Crippen LogP contribution in [0.25, 0.3) is 0 Å². The van der Waals surface area contributed by atoms with Gasteiger partial charge < -0.3 is 19.5 Å². The zero-order chi connectivity index (χ0) is 17.2. The number of nitrogens with one attached hydrogen (secondary N) is 4. The second-order valence-electron chi connectivity index (χ2n) is 8.19. The van der Waals surface area contributed by atoms with Crippen molar-refractivity contribution >= 4 is 0 Å². The van der Waals surface area contributed by atoms with E-state index in [4.69, 9.17) is 14.2 Å². The second-order valence-corrected chi connectivity index (χ2v) is 8.19. The molecular formula is C18H34N4O3. The topological polar surface area (TPSA) is 75.8 Å². The first-order valence-electron chi connectivity index (χ1n) is 10.1. The van der Waals surface area contributed by atoms with Crippen molar-refractivity contribution in [2.75, 3.05) is 26.3 Å². The molecule has 4 aliphatic rings. The molecule has 6 unspecified atom stereocenters. The van der Waals surface area contributed by atoms with Crippen molar-refractivity contribution in [1.29, 1.82) is 0 Å². The molecule has 1 aliphatic carbocycles. The Labute approximate surface area is 150 Å². The lowest BCUT2D eigenvalue weighted by Crippen LogP contribution is -2.63. The van der Waals surface area contributed by atoms with Crippen molar-refractivity contribution < 1.29 is 14.2 Å². The minimum Gasteiger partial charge on any atom is -0.376 e. The maximum Gasteiger partial charge on any atom is 0.121 e. The van der Waals surface area contributed by atoms with Crippen molar-refractivity contribution in [2.24, 2.45) is 5.92 Å². The lowest BCUT2D eigenvalue weighted by Gasteiger charge is -2.40. The zero-order valence-corrected chi connectivity index (χ0v) is 15.5. The predicted octanol–water partition coefficient (Wildman–Crippen LogP) is 0.118. The third kappa shape index (κ3) is 4.35. The molecule has 3 aliphatic heterocycles. The van der Waals surface area contributed by atoms with E-state index in [0.29, 0.717) is 36.8 Å². The largest absolute Gasteiger partial charge is 0.376 e. The lowest BCUT2D eigenvalue weighted by molar-refractivity contribution is -0.0693. The molecule has 25 heavy (non-hydrogen) atoms. The molecule has 7 heteroatoms. The van der Waals surface area contributed by atoms with E-state index in [2.05, 4.69) is 35.3 Å². The fourth-order valence-electron chi connectivity index (χ4n) is 4.77. The summed E-state index contributed by atoms with van der Waals surface area (Å²) in [7, 11) is 0. The standard InChI is InChI=1S/C18H34N4O3/c1-11-5-6-23-12(2)10-24-17-9-19-8-16(20-17)18-14-7-13(25-11)3-4-15(14)21-22-18/h11-22H,3-10H2,1-2H3/t11-,12-,13?,14?,15?,16?,17?,18?/m0/s1. The molecule has 144 valence electrons. The van der Waals surface area contributed by atoms with Crippen LogP contribution < -0.4 is 21.5 Å². The van der Waals surface area contributed by atoms with Crippen LogP contribution >= 0.6 is 0 Å². The number of hydrazine groups is 1. The van der Waals surface area contributed by atoms with Crippen LogP contribution in [-0.4, -0.2) is 69.0 Å². The van der Waals surface area contributed by atoms with E-state index < -0.39 is 0 Å². The monoisotopic (exact) mass is 354 g/mol. The minimum absolute atomic E-state index is 0.0466. The van der Waals surface area contributed by atoms with Gasteiger partial charge in [-0.25, -0.2) is 0 Å². The molecule has 0 radical (unpaired) electrons. The molecule has 3 saturated heterocycles. The smallest absolute Gasteiger partial charge is 0.121 e. The Kier molecular flexibility index (Phi) is 5.91. The van der Waals surface area contributed by atoms with Gasteiger partial charge in [0.25, 0.3) is 0 Å². The van der Waals surface area contributed by atoms with E-state index in [1.807, 2.05) is 0 Å². The van der Waals surface area contributed by atoms with Gasteiger partial charge in [0.05, 0.1) is 24.9 Å². The molecule has 7 nitrogen and oxygen atoms in total. The lowest BCUT2D eigenvalue weighted by atomic mass is 9.77. The molecule has 8 atom stereocenters. The van der Waals surface area contributed by atoms with E-state index in [1.54, 1.807) is 0 Å². The summed E-state index contributed by atoms with van der Waals surface area (Å²) in [5.41, 5.74) is 7.10. The Morgan fingerprint density at radius 2 is 1.80 bits per heavy atom. The summed E-state index contributed by atoms with van der Waals surface area (Å²) < 4.78 is 18.3. The number of piperazine rings is 1. The first-order chi connectivity index (χ1) is 12.2. The predicted molar refractivity (Wildman–Crippen MR) is 95.1 cm³/mol. The van der Waals surface area contributed by atoms with Crippen LogP contribution in [-0.2, 0) is 14.2 Å². The van der Waals surface area contributed by atoms with Crippen LogP contribution in [0.15, 0.2) is 0 Å². The summed E-state index contributed by atoms with van der Waals surface area (Å²) in [5.74, 6) is 0.601. The molecular weight excluding hydrogens is 320 g/mol. The van der Waals surface area contributed by atoms with Crippen molar-refractivity contribution in [1.82, 2.24) is 21.5 Å². The van der Waals surface area contributed by atoms with Crippen LogP contribution in [0.5, 0.6) is 0 Å². The van der Waals surface area contributed by atoms with Gasteiger partial charge in [0.15, 0.2) is 0 Å². The molecule has 4 bridgehead atoms. The highest BCUT2D eigenvalue weighted by atomic mass is 16.5. The van der Waals surface area contributed by atoms with Crippen LogP contribution in [0.2, 0.25) is 0 Å². The van der Waals surface area contributed by atoms with Crippen LogP contribution in [0.3, 0.4) is 0 Å². The highest BCUT2D eigenvalue weighted by molar-refractivity contribution is 5.02. The average Bonchev–Trinajstić information content (AvgIpc) is 3.03. The van der Waals surface area contributed by atoms with Crippen molar-refractivity contribution in [2.45, 2.75) is 82.2 Å². The van der Waals surface area contributed by atoms with Crippen LogP contribution in [0, 0.1) is 5.92 Å². The number of fused-ring (bicyclic) bond motifs is 4. The summed E-state index contributed by atoms with van der Waals surface area (Å²) >= 11 is 0. The van der Waals surface area contributed by atoms with Crippen LogP contribution in [0.4, 0.5) is 0 Å². The van der Waals surface area contributed by atoms with Crippen molar-refractivity contribution in [3.05, 3.63) is 0 Å². The molecule has 3 heterocycles. The Hall–Kier alpha value is -0.280. The van der Waals surface area contributed by atoms with E-state index in [-0.39, 0.29) is 18.4 Å². The summed E-state index contributed by atoms with van der Waals surface area (Å²) in [6.45, 7) is 7.42. The zero-order valence-electron chi connectivity index (χ0n) is 15.5. The fraction of sp³-hybridized carbons (Fsp3) is 1.00. The summed E-state index contributed by atoms with van der Waals surface area (Å²) in [5, 5.41) is 7.23.